The van der Waals surface area contributed by atoms with Crippen molar-refractivity contribution in [3.8, 4) is 5.75 Å². The van der Waals surface area contributed by atoms with Gasteiger partial charge in [0.1, 0.15) is 30.0 Å². The number of carbonyl (C=O) groups excluding carboxylic acids is 4. The van der Waals surface area contributed by atoms with E-state index in [1.165, 1.54) is 18.1 Å². The minimum Gasteiger partial charge on any atom is -0.508 e. The summed E-state index contributed by atoms with van der Waals surface area (Å²) in [4.78, 5) is 53.5. The number of aromatic hydroxyl groups is 1. The smallest absolute Gasteiger partial charge is 0.408 e. The number of ether oxygens (including phenoxy) is 2. The van der Waals surface area contributed by atoms with Crippen LogP contribution >= 0.6 is 0 Å². The van der Waals surface area contributed by atoms with E-state index >= 15 is 0 Å². The number of carbonyl (C=O) groups is 4. The highest BCUT2D eigenvalue weighted by molar-refractivity contribution is 5.94. The van der Waals surface area contributed by atoms with Crippen LogP contribution in [0.4, 0.5) is 4.79 Å². The number of rotatable bonds is 11. The number of amides is 3. The lowest BCUT2D eigenvalue weighted by atomic mass is 9.90. The van der Waals surface area contributed by atoms with E-state index in [4.69, 9.17) is 4.74 Å². The van der Waals surface area contributed by atoms with Gasteiger partial charge in [0.15, 0.2) is 0 Å². The molecule has 0 saturated carbocycles. The Morgan fingerprint density at radius 1 is 1.05 bits per heavy atom. The predicted octanol–water partition coefficient (Wildman–Crippen LogP) is 3.68. The molecule has 10 heteroatoms. The Morgan fingerprint density at radius 2 is 1.65 bits per heavy atom. The topological polar surface area (TPSA) is 134 Å². The molecule has 1 rings (SSSR count). The molecular formula is C27H43N3O7. The summed E-state index contributed by atoms with van der Waals surface area (Å²) in [6.07, 6.45) is -0.0189. The fraction of sp³-hybridized carbons (Fsp3) is 0.630. The summed E-state index contributed by atoms with van der Waals surface area (Å²) >= 11 is 0. The fourth-order valence-electron chi connectivity index (χ4n) is 3.70. The third-order valence-electron chi connectivity index (χ3n) is 5.82. The van der Waals surface area contributed by atoms with Crippen molar-refractivity contribution in [2.45, 2.75) is 91.5 Å². The van der Waals surface area contributed by atoms with Gasteiger partial charge in [-0.2, -0.15) is 0 Å². The second-order valence-electron chi connectivity index (χ2n) is 11.0. The van der Waals surface area contributed by atoms with E-state index in [1.54, 1.807) is 52.8 Å². The van der Waals surface area contributed by atoms with Gasteiger partial charge in [0.2, 0.25) is 11.8 Å². The molecule has 2 atom stereocenters. The van der Waals surface area contributed by atoms with Gasteiger partial charge in [-0.05, 0) is 59.4 Å². The third kappa shape index (κ3) is 9.59. The van der Waals surface area contributed by atoms with Crippen molar-refractivity contribution < 1.29 is 33.8 Å². The SMILES string of the molecule is CCC(C)(C)N(C(=O)C(CC(C)C)NC(=O)OC(C)(C)C)C(C(=O)NCC(=O)OC)c1ccccc1O. The van der Waals surface area contributed by atoms with Gasteiger partial charge in [-0.3, -0.25) is 14.4 Å². The van der Waals surface area contributed by atoms with Crippen LogP contribution < -0.4 is 10.6 Å². The number of nitrogens with one attached hydrogen (secondary N) is 2. The quantitative estimate of drug-likeness (QED) is 0.378. The van der Waals surface area contributed by atoms with Gasteiger partial charge in [0, 0.05) is 11.1 Å². The number of methoxy groups -OCH3 is 1. The van der Waals surface area contributed by atoms with E-state index in [0.717, 1.165) is 0 Å². The van der Waals surface area contributed by atoms with E-state index in [2.05, 4.69) is 15.4 Å². The number of hydrogen-bond acceptors (Lipinski definition) is 7. The normalized spacial score (nSPS) is 13.4. The minimum atomic E-state index is -1.30. The maximum Gasteiger partial charge on any atom is 0.408 e. The van der Waals surface area contributed by atoms with Crippen LogP contribution in [0.3, 0.4) is 0 Å². The summed E-state index contributed by atoms with van der Waals surface area (Å²) in [5, 5.41) is 15.9. The van der Waals surface area contributed by atoms with Crippen molar-refractivity contribution in [3.63, 3.8) is 0 Å². The molecule has 0 saturated heterocycles. The molecule has 3 N–H and O–H groups in total. The molecule has 0 bridgehead atoms. The average Bonchev–Trinajstić information content (AvgIpc) is 2.78. The van der Waals surface area contributed by atoms with Crippen LogP contribution in [-0.2, 0) is 23.9 Å². The maximum absolute atomic E-state index is 14.2. The second kappa shape index (κ2) is 13.3. The molecule has 10 nitrogen and oxygen atoms in total. The molecule has 0 spiro atoms. The van der Waals surface area contributed by atoms with Crippen molar-refractivity contribution in [2.24, 2.45) is 5.92 Å². The summed E-state index contributed by atoms with van der Waals surface area (Å²) in [5.41, 5.74) is -1.48. The van der Waals surface area contributed by atoms with Gasteiger partial charge in [-0.25, -0.2) is 4.79 Å². The molecule has 0 radical (unpaired) electrons. The average molecular weight is 522 g/mol. The molecule has 0 heterocycles. The molecule has 0 aliphatic heterocycles. The number of para-hydroxylation sites is 1. The van der Waals surface area contributed by atoms with Crippen LogP contribution in [-0.4, -0.2) is 64.7 Å². The third-order valence-corrected chi connectivity index (χ3v) is 5.82. The second-order valence-corrected chi connectivity index (χ2v) is 11.0. The number of phenolic OH excluding ortho intramolecular Hbond substituents is 1. The Balaban J connectivity index is 3.64. The van der Waals surface area contributed by atoms with Crippen molar-refractivity contribution in [1.29, 1.82) is 0 Å². The van der Waals surface area contributed by atoms with E-state index in [9.17, 15) is 24.3 Å². The number of nitrogens with zero attached hydrogens (tertiary/aromatic N) is 1. The van der Waals surface area contributed by atoms with Crippen LogP contribution in [0.1, 0.15) is 79.8 Å². The number of esters is 1. The number of hydrogen-bond donors (Lipinski definition) is 3. The van der Waals surface area contributed by atoms with Crippen molar-refractivity contribution >= 4 is 23.9 Å². The molecule has 0 aromatic heterocycles. The van der Waals surface area contributed by atoms with Gasteiger partial charge in [0.05, 0.1) is 7.11 Å². The van der Waals surface area contributed by atoms with E-state index < -0.39 is 53.6 Å². The number of phenols is 1. The number of alkyl carbamates (subject to hydrolysis) is 1. The summed E-state index contributed by atoms with van der Waals surface area (Å²) < 4.78 is 10.0. The van der Waals surface area contributed by atoms with Crippen LogP contribution in [0, 0.1) is 5.92 Å². The highest BCUT2D eigenvalue weighted by Gasteiger charge is 2.44. The summed E-state index contributed by atoms with van der Waals surface area (Å²) in [6, 6.07) is 3.89. The van der Waals surface area contributed by atoms with Gasteiger partial charge >= 0.3 is 12.1 Å². The first-order valence-corrected chi connectivity index (χ1v) is 12.5. The predicted molar refractivity (Wildman–Crippen MR) is 140 cm³/mol. The first kappa shape index (κ1) is 31.7. The van der Waals surface area contributed by atoms with E-state index in [0.29, 0.717) is 6.42 Å². The lowest BCUT2D eigenvalue weighted by Gasteiger charge is -2.44. The molecule has 3 amide bonds. The van der Waals surface area contributed by atoms with Crippen molar-refractivity contribution in [1.82, 2.24) is 15.5 Å². The molecule has 0 fully saturated rings. The molecule has 1 aromatic rings. The van der Waals surface area contributed by atoms with Gasteiger partial charge in [-0.15, -0.1) is 0 Å². The molecule has 0 aliphatic rings. The zero-order valence-electron chi connectivity index (χ0n) is 23.5. The Labute approximate surface area is 220 Å². The standard InChI is InChI=1S/C27H43N3O7/c1-10-27(7,8)30(24(34)19(15-17(2)3)29-25(35)37-26(4,5)6)22(18-13-11-12-14-20(18)31)23(33)28-16-21(32)36-9/h11-14,17,19,22,31H,10,15-16H2,1-9H3,(H,28,33)(H,29,35). The molecule has 0 aliphatic carbocycles. The fourth-order valence-corrected chi connectivity index (χ4v) is 3.70. The van der Waals surface area contributed by atoms with E-state index in [-0.39, 0.29) is 23.7 Å². The van der Waals surface area contributed by atoms with E-state index in [1.807, 2.05) is 20.8 Å². The Hall–Kier alpha value is -3.30. The summed E-state index contributed by atoms with van der Waals surface area (Å²) in [7, 11) is 1.20. The first-order chi connectivity index (χ1) is 17.0. The van der Waals surface area contributed by atoms with Crippen LogP contribution in [0.2, 0.25) is 0 Å². The first-order valence-electron chi connectivity index (χ1n) is 12.5. The van der Waals surface area contributed by atoms with Crippen LogP contribution in [0.25, 0.3) is 0 Å². The monoisotopic (exact) mass is 521 g/mol. The molecule has 2 unspecified atom stereocenters. The Bertz CT molecular complexity index is 954. The van der Waals surface area contributed by atoms with Crippen molar-refractivity contribution in [3.05, 3.63) is 29.8 Å². The molecule has 37 heavy (non-hydrogen) atoms. The number of benzene rings is 1. The maximum atomic E-state index is 14.2. The summed E-state index contributed by atoms with van der Waals surface area (Å²) in [5.74, 6) is -2.03. The summed E-state index contributed by atoms with van der Waals surface area (Å²) in [6.45, 7) is 14.0. The largest absolute Gasteiger partial charge is 0.508 e. The lowest BCUT2D eigenvalue weighted by molar-refractivity contribution is -0.150. The van der Waals surface area contributed by atoms with Gasteiger partial charge in [0.25, 0.3) is 0 Å². The highest BCUT2D eigenvalue weighted by Crippen LogP contribution is 2.36. The minimum absolute atomic E-state index is 0.0206. The van der Waals surface area contributed by atoms with Crippen LogP contribution in [0.5, 0.6) is 5.75 Å². The highest BCUT2D eigenvalue weighted by atomic mass is 16.6. The zero-order valence-corrected chi connectivity index (χ0v) is 23.5. The van der Waals surface area contributed by atoms with Crippen molar-refractivity contribution in [2.75, 3.05) is 13.7 Å². The lowest BCUT2D eigenvalue weighted by Crippen LogP contribution is -2.59. The zero-order chi connectivity index (χ0) is 28.6. The van der Waals surface area contributed by atoms with Gasteiger partial charge < -0.3 is 30.1 Å². The van der Waals surface area contributed by atoms with Crippen LogP contribution in [0.15, 0.2) is 24.3 Å². The molecule has 1 aromatic carbocycles. The molecule has 208 valence electrons. The Kier molecular flexibility index (Phi) is 11.4. The Morgan fingerprint density at radius 3 is 2.14 bits per heavy atom. The molecular weight excluding hydrogens is 478 g/mol. The van der Waals surface area contributed by atoms with Gasteiger partial charge in [-0.1, -0.05) is 39.0 Å².